The molecule has 1 saturated carbocycles. The number of nitro benzene ring substituents is 1. The Hall–Kier alpha value is -4.27. The van der Waals surface area contributed by atoms with Gasteiger partial charge in [0.25, 0.3) is 5.91 Å². The van der Waals surface area contributed by atoms with Gasteiger partial charge in [-0.2, -0.15) is 0 Å². The number of nitrogens with zero attached hydrogens (tertiary/aromatic N) is 2. The van der Waals surface area contributed by atoms with Crippen LogP contribution in [0.3, 0.4) is 0 Å². The van der Waals surface area contributed by atoms with Gasteiger partial charge >= 0.3 is 5.69 Å². The van der Waals surface area contributed by atoms with Gasteiger partial charge in [-0.25, -0.2) is 4.39 Å². The maximum atomic E-state index is 13.3. The second-order valence-electron chi connectivity index (χ2n) is 10.2. The molecule has 1 aliphatic carbocycles. The van der Waals surface area contributed by atoms with Crippen LogP contribution in [0.2, 0.25) is 0 Å². The van der Waals surface area contributed by atoms with Gasteiger partial charge in [0.2, 0.25) is 5.91 Å². The molecule has 3 aromatic rings. The summed E-state index contributed by atoms with van der Waals surface area (Å²) < 4.78 is 13.3. The first-order chi connectivity index (χ1) is 18.2. The summed E-state index contributed by atoms with van der Waals surface area (Å²) in [4.78, 5) is 38.1. The van der Waals surface area contributed by atoms with E-state index in [0.717, 1.165) is 48.1 Å². The first-order valence-corrected chi connectivity index (χ1v) is 12.6. The van der Waals surface area contributed by atoms with Crippen LogP contribution in [-0.2, 0) is 17.6 Å². The molecule has 196 valence electrons. The molecule has 0 bridgehead atoms. The molecule has 1 atom stereocenters. The molecule has 2 aliphatic rings. The van der Waals surface area contributed by atoms with Crippen molar-refractivity contribution in [1.82, 2.24) is 10.2 Å². The Balaban J connectivity index is 1.21. The number of halogens is 1. The summed E-state index contributed by atoms with van der Waals surface area (Å²) in [6.45, 7) is 0.930. The summed E-state index contributed by atoms with van der Waals surface area (Å²) in [5, 5.41) is 24.0. The van der Waals surface area contributed by atoms with E-state index in [1.807, 2.05) is 24.3 Å². The summed E-state index contributed by atoms with van der Waals surface area (Å²) in [5.41, 5.74) is 2.34. The quantitative estimate of drug-likeness (QED) is 0.357. The number of nitro groups is 1. The fraction of sp³-hybridized carbons (Fsp3) is 0.310. The van der Waals surface area contributed by atoms with Crippen LogP contribution in [0.4, 0.5) is 10.1 Å². The highest BCUT2D eigenvalue weighted by atomic mass is 19.1. The van der Waals surface area contributed by atoms with Gasteiger partial charge in [-0.1, -0.05) is 42.8 Å². The smallest absolute Gasteiger partial charge is 0.311 e. The van der Waals surface area contributed by atoms with E-state index in [9.17, 15) is 29.2 Å². The van der Waals surface area contributed by atoms with Crippen molar-refractivity contribution in [2.75, 3.05) is 13.1 Å². The molecule has 2 N–H and O–H groups in total. The molecule has 2 amide bonds. The van der Waals surface area contributed by atoms with Crippen LogP contribution >= 0.6 is 0 Å². The van der Waals surface area contributed by atoms with Crippen molar-refractivity contribution in [3.8, 4) is 5.75 Å². The van der Waals surface area contributed by atoms with Crippen LogP contribution < -0.4 is 5.32 Å². The molecule has 38 heavy (non-hydrogen) atoms. The Morgan fingerprint density at radius 3 is 2.50 bits per heavy atom. The number of phenols is 1. The zero-order valence-electron chi connectivity index (χ0n) is 20.7. The third kappa shape index (κ3) is 5.09. The Labute approximate surface area is 219 Å². The zero-order valence-corrected chi connectivity index (χ0v) is 20.7. The molecular formula is C29H28FN3O5. The lowest BCUT2D eigenvalue weighted by atomic mass is 9.74. The molecule has 5 rings (SSSR count). The van der Waals surface area contributed by atoms with Gasteiger partial charge in [0.05, 0.1) is 11.3 Å². The van der Waals surface area contributed by atoms with Crippen molar-refractivity contribution in [3.63, 3.8) is 0 Å². The minimum absolute atomic E-state index is 0.0579. The van der Waals surface area contributed by atoms with E-state index >= 15 is 0 Å². The second-order valence-corrected chi connectivity index (χ2v) is 10.2. The molecule has 3 aromatic carbocycles. The predicted molar refractivity (Wildman–Crippen MR) is 138 cm³/mol. The van der Waals surface area contributed by atoms with Crippen LogP contribution in [0.5, 0.6) is 5.75 Å². The van der Waals surface area contributed by atoms with Gasteiger partial charge in [-0.15, -0.1) is 0 Å². The number of phenolic OH excluding ortho intramolecular Hbond substituents is 1. The number of hydrogen-bond acceptors (Lipinski definition) is 5. The van der Waals surface area contributed by atoms with Gasteiger partial charge in [-0.3, -0.25) is 19.7 Å². The molecule has 0 aromatic heterocycles. The summed E-state index contributed by atoms with van der Waals surface area (Å²) in [6.07, 6.45) is 3.49. The molecule has 8 nitrogen and oxygen atoms in total. The number of carbonyl (C=O) groups is 2. The summed E-state index contributed by atoms with van der Waals surface area (Å²) >= 11 is 0. The normalized spacial score (nSPS) is 17.7. The fourth-order valence-electron chi connectivity index (χ4n) is 5.73. The lowest BCUT2D eigenvalue weighted by molar-refractivity contribution is -0.385. The molecule has 1 heterocycles. The third-order valence-electron chi connectivity index (χ3n) is 7.74. The number of rotatable bonds is 7. The predicted octanol–water partition coefficient (Wildman–Crippen LogP) is 4.38. The molecule has 2 fully saturated rings. The summed E-state index contributed by atoms with van der Waals surface area (Å²) in [5.74, 6) is -1.18. The standard InChI is InChI=1S/C29H28FN3O5/c30-23-10-7-19(8-11-23)14-20-4-1-2-5-21(20)16-27(35)31-26-6-3-13-29(26)17-32(18-29)28(36)22-9-12-25(34)24(15-22)33(37)38/h1-2,4-5,7-12,15,26,34H,3,6,13-14,16-18H2,(H,31,35). The van der Waals surface area contributed by atoms with E-state index in [0.29, 0.717) is 19.5 Å². The molecule has 1 aliphatic heterocycles. The van der Waals surface area contributed by atoms with Crippen LogP contribution in [-0.4, -0.2) is 45.9 Å². The van der Waals surface area contributed by atoms with E-state index in [2.05, 4.69) is 5.32 Å². The highest BCUT2D eigenvalue weighted by Crippen LogP contribution is 2.46. The third-order valence-corrected chi connectivity index (χ3v) is 7.74. The average Bonchev–Trinajstić information content (AvgIpc) is 3.28. The topological polar surface area (TPSA) is 113 Å². The second kappa shape index (κ2) is 10.2. The maximum Gasteiger partial charge on any atom is 0.311 e. The number of hydrogen-bond donors (Lipinski definition) is 2. The lowest BCUT2D eigenvalue weighted by Gasteiger charge is -2.51. The van der Waals surface area contributed by atoms with Crippen molar-refractivity contribution in [2.45, 2.75) is 38.1 Å². The molecule has 0 radical (unpaired) electrons. The van der Waals surface area contributed by atoms with E-state index < -0.39 is 16.4 Å². The Kier molecular flexibility index (Phi) is 6.84. The monoisotopic (exact) mass is 517 g/mol. The summed E-state index contributed by atoms with van der Waals surface area (Å²) in [6, 6.07) is 17.7. The van der Waals surface area contributed by atoms with Crippen LogP contribution in [0.15, 0.2) is 66.7 Å². The highest BCUT2D eigenvalue weighted by Gasteiger charge is 2.53. The van der Waals surface area contributed by atoms with Gasteiger partial charge < -0.3 is 15.3 Å². The first kappa shape index (κ1) is 25.4. The van der Waals surface area contributed by atoms with Crippen LogP contribution in [0.25, 0.3) is 0 Å². The minimum atomic E-state index is -0.718. The molecule has 1 spiro atoms. The SMILES string of the molecule is O=C(Cc1ccccc1Cc1ccc(F)cc1)NC1CCCC12CN(C(=O)c1ccc(O)c([N+](=O)[O-])c1)C2. The van der Waals surface area contributed by atoms with Gasteiger partial charge in [0.1, 0.15) is 5.82 Å². The first-order valence-electron chi connectivity index (χ1n) is 12.6. The van der Waals surface area contributed by atoms with E-state index in [1.54, 1.807) is 17.0 Å². The van der Waals surface area contributed by atoms with E-state index in [1.165, 1.54) is 18.2 Å². The Bertz CT molecular complexity index is 1390. The Morgan fingerprint density at radius 2 is 1.79 bits per heavy atom. The van der Waals surface area contributed by atoms with Gasteiger partial charge in [0, 0.05) is 36.2 Å². The number of likely N-dealkylation sites (tertiary alicyclic amines) is 1. The highest BCUT2D eigenvalue weighted by molar-refractivity contribution is 5.96. The lowest BCUT2D eigenvalue weighted by Crippen LogP contribution is -2.64. The minimum Gasteiger partial charge on any atom is -0.502 e. The largest absolute Gasteiger partial charge is 0.502 e. The molecule has 9 heteroatoms. The number of benzene rings is 3. The van der Waals surface area contributed by atoms with E-state index in [4.69, 9.17) is 0 Å². The number of aromatic hydroxyl groups is 1. The van der Waals surface area contributed by atoms with Crippen LogP contribution in [0.1, 0.15) is 46.3 Å². The number of nitrogens with one attached hydrogen (secondary N) is 1. The van der Waals surface area contributed by atoms with Crippen molar-refractivity contribution < 1.29 is 24.0 Å². The number of carbonyl (C=O) groups excluding carboxylic acids is 2. The molecule has 1 saturated heterocycles. The van der Waals surface area contributed by atoms with Gasteiger partial charge in [0.15, 0.2) is 5.75 Å². The van der Waals surface area contributed by atoms with Crippen LogP contribution in [0, 0.1) is 21.3 Å². The number of amides is 2. The van der Waals surface area contributed by atoms with E-state index in [-0.39, 0.29) is 41.1 Å². The zero-order chi connectivity index (χ0) is 26.9. The Morgan fingerprint density at radius 1 is 1.08 bits per heavy atom. The fourth-order valence-corrected chi connectivity index (χ4v) is 5.73. The molecular weight excluding hydrogens is 489 g/mol. The van der Waals surface area contributed by atoms with Crippen molar-refractivity contribution in [3.05, 3.63) is 105 Å². The summed E-state index contributed by atoms with van der Waals surface area (Å²) in [7, 11) is 0. The van der Waals surface area contributed by atoms with Crippen molar-refractivity contribution in [1.29, 1.82) is 0 Å². The molecule has 1 unspecified atom stereocenters. The van der Waals surface area contributed by atoms with Crippen molar-refractivity contribution >= 4 is 17.5 Å². The van der Waals surface area contributed by atoms with Gasteiger partial charge in [-0.05, 0) is 60.2 Å². The average molecular weight is 518 g/mol. The maximum absolute atomic E-state index is 13.3. The van der Waals surface area contributed by atoms with Crippen molar-refractivity contribution in [2.24, 2.45) is 5.41 Å².